The lowest BCUT2D eigenvalue weighted by Crippen LogP contribution is -2.26. The monoisotopic (exact) mass is 255 g/mol. The molecule has 0 radical (unpaired) electrons. The number of nitrogens with one attached hydrogen (secondary N) is 1. The maximum atomic E-state index is 3.94. The van der Waals surface area contributed by atoms with Crippen molar-refractivity contribution < 1.29 is 0 Å². The summed E-state index contributed by atoms with van der Waals surface area (Å²) in [5.41, 5.74) is 0. The zero-order valence-electron chi connectivity index (χ0n) is 10.4. The summed E-state index contributed by atoms with van der Waals surface area (Å²) in [7, 11) is 1.87. The first-order chi connectivity index (χ1) is 8.36. The molecule has 0 aliphatic heterocycles. The summed E-state index contributed by atoms with van der Waals surface area (Å²) in [6.07, 6.45) is 7.10. The second-order valence-electron chi connectivity index (χ2n) is 4.64. The lowest BCUT2D eigenvalue weighted by molar-refractivity contribution is 0.345. The average Bonchev–Trinajstić information content (AvgIpc) is 2.76. The minimum Gasteiger partial charge on any atom is -0.316 e. The van der Waals surface area contributed by atoms with Gasteiger partial charge in [0, 0.05) is 19.3 Å². The number of hydrogen-bond donors (Lipinski definition) is 1. The van der Waals surface area contributed by atoms with E-state index >= 15 is 0 Å². The number of aryl methyl sites for hydroxylation is 1. The molecule has 17 heavy (non-hydrogen) atoms. The van der Waals surface area contributed by atoms with Gasteiger partial charge in [-0.05, 0) is 35.7 Å². The molecule has 1 aromatic rings. The van der Waals surface area contributed by atoms with Gasteiger partial charge in [0.2, 0.25) is 5.16 Å². The van der Waals surface area contributed by atoms with Gasteiger partial charge in [-0.25, -0.2) is 4.68 Å². The van der Waals surface area contributed by atoms with Crippen molar-refractivity contribution in [3.63, 3.8) is 0 Å². The quantitative estimate of drug-likeness (QED) is 0.616. The fourth-order valence-corrected chi connectivity index (χ4v) is 3.00. The molecule has 0 amide bonds. The normalized spacial score (nSPS) is 17.5. The lowest BCUT2D eigenvalue weighted by Gasteiger charge is -2.21. The van der Waals surface area contributed by atoms with Crippen molar-refractivity contribution in [2.45, 2.75) is 37.3 Å². The van der Waals surface area contributed by atoms with Crippen molar-refractivity contribution in [2.75, 3.05) is 18.8 Å². The fraction of sp³-hybridized carbons (Fsp3) is 0.909. The van der Waals surface area contributed by atoms with Crippen LogP contribution in [-0.4, -0.2) is 39.0 Å². The molecule has 0 aromatic carbocycles. The summed E-state index contributed by atoms with van der Waals surface area (Å²) in [5.74, 6) is 1.94. The molecule has 1 aliphatic carbocycles. The standard InChI is InChI=1S/C11H21N5S/c1-16-11(13-14-15-16)17-8-7-12-9-10-5-3-2-4-6-10/h10,12H,2-9H2,1H3. The van der Waals surface area contributed by atoms with E-state index < -0.39 is 0 Å². The van der Waals surface area contributed by atoms with Gasteiger partial charge in [0.1, 0.15) is 0 Å². The average molecular weight is 255 g/mol. The molecular weight excluding hydrogens is 234 g/mol. The predicted octanol–water partition coefficient (Wildman–Crippen LogP) is 1.47. The van der Waals surface area contributed by atoms with Crippen LogP contribution < -0.4 is 5.32 Å². The highest BCUT2D eigenvalue weighted by molar-refractivity contribution is 7.99. The van der Waals surface area contributed by atoms with E-state index in [1.807, 2.05) is 7.05 Å². The van der Waals surface area contributed by atoms with Crippen LogP contribution in [0.2, 0.25) is 0 Å². The number of aromatic nitrogens is 4. The van der Waals surface area contributed by atoms with Gasteiger partial charge in [0.15, 0.2) is 0 Å². The Morgan fingerprint density at radius 3 is 2.88 bits per heavy atom. The highest BCUT2D eigenvalue weighted by Gasteiger charge is 2.12. The first-order valence-corrected chi connectivity index (χ1v) is 7.40. The molecule has 6 heteroatoms. The second-order valence-corrected chi connectivity index (χ2v) is 5.70. The molecule has 5 nitrogen and oxygen atoms in total. The fourth-order valence-electron chi connectivity index (χ4n) is 2.26. The third-order valence-corrected chi connectivity index (χ3v) is 4.26. The highest BCUT2D eigenvalue weighted by Crippen LogP contribution is 2.22. The summed E-state index contributed by atoms with van der Waals surface area (Å²) >= 11 is 1.70. The minimum atomic E-state index is 0.893. The lowest BCUT2D eigenvalue weighted by atomic mass is 9.89. The van der Waals surface area contributed by atoms with Crippen LogP contribution in [-0.2, 0) is 7.05 Å². The van der Waals surface area contributed by atoms with Gasteiger partial charge in [0.25, 0.3) is 0 Å². The van der Waals surface area contributed by atoms with E-state index in [4.69, 9.17) is 0 Å². The Morgan fingerprint density at radius 2 is 2.18 bits per heavy atom. The Labute approximate surface area is 107 Å². The van der Waals surface area contributed by atoms with Crippen LogP contribution in [0.4, 0.5) is 0 Å². The van der Waals surface area contributed by atoms with Crippen LogP contribution >= 0.6 is 11.8 Å². The van der Waals surface area contributed by atoms with Crippen LogP contribution in [0.15, 0.2) is 5.16 Å². The van der Waals surface area contributed by atoms with E-state index in [1.54, 1.807) is 16.4 Å². The zero-order valence-corrected chi connectivity index (χ0v) is 11.2. The number of rotatable bonds is 6. The topological polar surface area (TPSA) is 55.6 Å². The molecule has 0 spiro atoms. The largest absolute Gasteiger partial charge is 0.316 e. The van der Waals surface area contributed by atoms with Crippen molar-refractivity contribution in [3.05, 3.63) is 0 Å². The molecule has 1 N–H and O–H groups in total. The Balaban J connectivity index is 1.53. The van der Waals surface area contributed by atoms with Crippen LogP contribution in [0.1, 0.15) is 32.1 Å². The predicted molar refractivity (Wildman–Crippen MR) is 69.0 cm³/mol. The maximum Gasteiger partial charge on any atom is 0.209 e. The molecule has 0 atom stereocenters. The van der Waals surface area contributed by atoms with Crippen molar-refractivity contribution >= 4 is 11.8 Å². The zero-order chi connectivity index (χ0) is 11.9. The molecule has 0 saturated heterocycles. The molecule has 0 bridgehead atoms. The molecule has 0 unspecified atom stereocenters. The molecule has 2 rings (SSSR count). The smallest absolute Gasteiger partial charge is 0.209 e. The molecule has 1 heterocycles. The first-order valence-electron chi connectivity index (χ1n) is 6.42. The van der Waals surface area contributed by atoms with E-state index in [0.717, 1.165) is 23.4 Å². The van der Waals surface area contributed by atoms with Crippen LogP contribution in [0.3, 0.4) is 0 Å². The summed E-state index contributed by atoms with van der Waals surface area (Å²) in [5, 5.41) is 15.8. The van der Waals surface area contributed by atoms with Gasteiger partial charge >= 0.3 is 0 Å². The maximum absolute atomic E-state index is 3.94. The first kappa shape index (κ1) is 12.8. The molecule has 1 saturated carbocycles. The summed E-state index contributed by atoms with van der Waals surface area (Å²) < 4.78 is 1.71. The van der Waals surface area contributed by atoms with Gasteiger partial charge < -0.3 is 5.32 Å². The Morgan fingerprint density at radius 1 is 1.35 bits per heavy atom. The summed E-state index contributed by atoms with van der Waals surface area (Å²) in [6, 6.07) is 0. The molecule has 96 valence electrons. The summed E-state index contributed by atoms with van der Waals surface area (Å²) in [4.78, 5) is 0. The van der Waals surface area contributed by atoms with E-state index in [0.29, 0.717) is 0 Å². The van der Waals surface area contributed by atoms with Crippen molar-refractivity contribution in [1.29, 1.82) is 0 Å². The number of tetrazole rings is 1. The van der Waals surface area contributed by atoms with Crippen LogP contribution in [0, 0.1) is 5.92 Å². The SMILES string of the molecule is Cn1nnnc1SCCNCC1CCCCC1. The van der Waals surface area contributed by atoms with E-state index in [9.17, 15) is 0 Å². The van der Waals surface area contributed by atoms with Crippen LogP contribution in [0.5, 0.6) is 0 Å². The third kappa shape index (κ3) is 4.27. The van der Waals surface area contributed by atoms with Crippen molar-refractivity contribution in [2.24, 2.45) is 13.0 Å². The Kier molecular flexibility index (Phi) is 5.25. The second kappa shape index (κ2) is 6.96. The van der Waals surface area contributed by atoms with Gasteiger partial charge in [-0.15, -0.1) is 5.10 Å². The van der Waals surface area contributed by atoms with Crippen molar-refractivity contribution in [1.82, 2.24) is 25.5 Å². The van der Waals surface area contributed by atoms with Gasteiger partial charge in [-0.2, -0.15) is 0 Å². The number of thioether (sulfide) groups is 1. The van der Waals surface area contributed by atoms with E-state index in [1.165, 1.54) is 38.6 Å². The van der Waals surface area contributed by atoms with E-state index in [2.05, 4.69) is 20.8 Å². The van der Waals surface area contributed by atoms with Gasteiger partial charge in [-0.3, -0.25) is 0 Å². The third-order valence-electron chi connectivity index (χ3n) is 3.25. The van der Waals surface area contributed by atoms with Crippen LogP contribution in [0.25, 0.3) is 0 Å². The molecule has 1 aromatic heterocycles. The van der Waals surface area contributed by atoms with E-state index in [-0.39, 0.29) is 0 Å². The molecular formula is C11H21N5S. The summed E-state index contributed by atoms with van der Waals surface area (Å²) in [6.45, 7) is 2.21. The Bertz CT molecular complexity index is 321. The van der Waals surface area contributed by atoms with Gasteiger partial charge in [-0.1, -0.05) is 31.0 Å². The number of hydrogen-bond acceptors (Lipinski definition) is 5. The van der Waals surface area contributed by atoms with Crippen molar-refractivity contribution in [3.8, 4) is 0 Å². The molecule has 1 fully saturated rings. The highest BCUT2D eigenvalue weighted by atomic mass is 32.2. The molecule has 1 aliphatic rings. The Hall–Kier alpha value is -0.620. The number of nitrogens with zero attached hydrogens (tertiary/aromatic N) is 4. The van der Waals surface area contributed by atoms with Gasteiger partial charge in [0.05, 0.1) is 0 Å². The minimum absolute atomic E-state index is 0.893.